The van der Waals surface area contributed by atoms with Crippen LogP contribution in [0.3, 0.4) is 0 Å². The van der Waals surface area contributed by atoms with Crippen LogP contribution in [0.4, 0.5) is 23.2 Å². The van der Waals surface area contributed by atoms with E-state index < -0.39 is 35.6 Å². The second-order valence-corrected chi connectivity index (χ2v) is 8.36. The number of alkyl halides is 3. The zero-order valence-electron chi connectivity index (χ0n) is 17.8. The SMILES string of the molecule is O=C(O)C(F)(F)F.O=C1C=CC2(Cc3cccc(F)c3)NC1C1C(=O)N(c3ccccc3)C(=O)C12. The summed E-state index contributed by atoms with van der Waals surface area (Å²) >= 11 is 0. The van der Waals surface area contributed by atoms with Crippen LogP contribution < -0.4 is 10.2 Å². The Bertz CT molecular complexity index is 1230. The first-order chi connectivity index (χ1) is 16.4. The lowest BCUT2D eigenvalue weighted by Crippen LogP contribution is -2.55. The molecule has 2 aromatic carbocycles. The van der Waals surface area contributed by atoms with E-state index in [0.717, 1.165) is 0 Å². The van der Waals surface area contributed by atoms with Crippen molar-refractivity contribution in [1.29, 1.82) is 0 Å². The molecular weight excluding hydrogens is 472 g/mol. The van der Waals surface area contributed by atoms with Gasteiger partial charge in [0.2, 0.25) is 11.8 Å². The minimum Gasteiger partial charge on any atom is -0.475 e. The molecule has 2 amide bonds. The molecule has 0 aromatic heterocycles. The number of carboxylic acids is 1. The summed E-state index contributed by atoms with van der Waals surface area (Å²) in [6.45, 7) is 0. The fourth-order valence-electron chi connectivity index (χ4n) is 4.81. The number of rotatable bonds is 3. The minimum atomic E-state index is -5.08. The van der Waals surface area contributed by atoms with Gasteiger partial charge < -0.3 is 5.11 Å². The van der Waals surface area contributed by atoms with Gasteiger partial charge in [-0.2, -0.15) is 13.2 Å². The van der Waals surface area contributed by atoms with Gasteiger partial charge in [0.1, 0.15) is 5.82 Å². The molecule has 0 saturated carbocycles. The Labute approximate surface area is 196 Å². The van der Waals surface area contributed by atoms with Gasteiger partial charge in [0.25, 0.3) is 0 Å². The van der Waals surface area contributed by atoms with E-state index in [1.165, 1.54) is 23.1 Å². The number of carbonyl (C=O) groups is 4. The summed E-state index contributed by atoms with van der Waals surface area (Å²) < 4.78 is 45.4. The highest BCUT2D eigenvalue weighted by atomic mass is 19.4. The molecule has 11 heteroatoms. The highest BCUT2D eigenvalue weighted by molar-refractivity contribution is 6.25. The summed E-state index contributed by atoms with van der Waals surface area (Å²) in [5.74, 6) is -5.50. The maximum atomic E-state index is 13.7. The second kappa shape index (κ2) is 8.73. The van der Waals surface area contributed by atoms with Crippen LogP contribution in [-0.4, -0.2) is 46.4 Å². The van der Waals surface area contributed by atoms with Crippen LogP contribution in [0.1, 0.15) is 5.56 Å². The summed E-state index contributed by atoms with van der Waals surface area (Å²) in [4.78, 5) is 49.0. The molecule has 3 heterocycles. The van der Waals surface area contributed by atoms with Crippen molar-refractivity contribution in [2.45, 2.75) is 24.2 Å². The Morgan fingerprint density at radius 3 is 2.29 bits per heavy atom. The molecule has 2 fully saturated rings. The summed E-state index contributed by atoms with van der Waals surface area (Å²) in [6, 6.07) is 14.2. The number of ketones is 1. The predicted molar refractivity (Wildman–Crippen MR) is 114 cm³/mol. The fourth-order valence-corrected chi connectivity index (χ4v) is 4.81. The molecule has 0 radical (unpaired) electrons. The van der Waals surface area contributed by atoms with Gasteiger partial charge in [-0.1, -0.05) is 36.4 Å². The third-order valence-corrected chi connectivity index (χ3v) is 6.18. The van der Waals surface area contributed by atoms with Crippen LogP contribution in [0.15, 0.2) is 66.7 Å². The summed E-state index contributed by atoms with van der Waals surface area (Å²) in [7, 11) is 0. The van der Waals surface area contributed by atoms with Gasteiger partial charge in [0, 0.05) is 0 Å². The molecule has 4 atom stereocenters. The van der Waals surface area contributed by atoms with Gasteiger partial charge >= 0.3 is 12.1 Å². The number of para-hydroxylation sites is 1. The number of hydrogen-bond acceptors (Lipinski definition) is 5. The number of imide groups is 1. The van der Waals surface area contributed by atoms with Crippen molar-refractivity contribution in [3.05, 3.63) is 78.1 Å². The number of hydrogen-bond donors (Lipinski definition) is 2. The standard InChI is InChI=1S/C22H17FN2O3.C2HF3O2/c23-14-6-4-5-13(11-14)12-22-10-9-16(26)19(24-22)17-18(22)21(28)25(20(17)27)15-7-2-1-3-8-15;3-2(4,5)1(6)7/h1-11,17-19,24H,12H2;(H,6,7). The van der Waals surface area contributed by atoms with Crippen molar-refractivity contribution in [2.75, 3.05) is 4.90 Å². The van der Waals surface area contributed by atoms with E-state index in [1.54, 1.807) is 42.5 Å². The van der Waals surface area contributed by atoms with Crippen LogP contribution in [0.5, 0.6) is 0 Å². The Kier molecular flexibility index (Phi) is 6.05. The monoisotopic (exact) mass is 490 g/mol. The summed E-state index contributed by atoms with van der Waals surface area (Å²) in [5.41, 5.74) is 0.305. The molecule has 0 spiro atoms. The number of nitrogens with zero attached hydrogens (tertiary/aromatic N) is 1. The molecule has 3 aliphatic heterocycles. The predicted octanol–water partition coefficient (Wildman–Crippen LogP) is 2.66. The fraction of sp³-hybridized carbons (Fsp3) is 0.250. The number of anilines is 1. The first kappa shape index (κ1) is 24.3. The molecule has 5 rings (SSSR count). The first-order valence-corrected chi connectivity index (χ1v) is 10.4. The van der Waals surface area contributed by atoms with Gasteiger partial charge in [-0.25, -0.2) is 14.1 Å². The summed E-state index contributed by atoms with van der Waals surface area (Å²) in [6.07, 6.45) is -1.64. The number of amides is 2. The highest BCUT2D eigenvalue weighted by Gasteiger charge is 2.66. The third-order valence-electron chi connectivity index (χ3n) is 6.18. The lowest BCUT2D eigenvalue weighted by atomic mass is 9.77. The Morgan fingerprint density at radius 2 is 1.69 bits per heavy atom. The van der Waals surface area contributed by atoms with Gasteiger partial charge in [0.15, 0.2) is 5.78 Å². The lowest BCUT2D eigenvalue weighted by Gasteiger charge is -2.34. The number of halogens is 4. The molecule has 2 N–H and O–H groups in total. The molecule has 2 aromatic rings. The maximum absolute atomic E-state index is 13.7. The van der Waals surface area contributed by atoms with Gasteiger partial charge in [-0.3, -0.25) is 19.7 Å². The quantitative estimate of drug-likeness (QED) is 0.507. The van der Waals surface area contributed by atoms with Crippen LogP contribution in [0.25, 0.3) is 0 Å². The average Bonchev–Trinajstić information content (AvgIpc) is 3.22. The molecule has 7 nitrogen and oxygen atoms in total. The van der Waals surface area contributed by atoms with Crippen molar-refractivity contribution in [1.82, 2.24) is 5.32 Å². The third kappa shape index (κ3) is 4.34. The molecule has 2 bridgehead atoms. The molecule has 3 aliphatic rings. The largest absolute Gasteiger partial charge is 0.490 e. The smallest absolute Gasteiger partial charge is 0.475 e. The van der Waals surface area contributed by atoms with Crippen LogP contribution >= 0.6 is 0 Å². The molecule has 182 valence electrons. The van der Waals surface area contributed by atoms with Crippen molar-refractivity contribution in [3.8, 4) is 0 Å². The molecule has 4 unspecified atom stereocenters. The lowest BCUT2D eigenvalue weighted by molar-refractivity contribution is -0.192. The zero-order valence-corrected chi connectivity index (χ0v) is 17.8. The number of nitrogens with one attached hydrogen (secondary N) is 1. The van der Waals surface area contributed by atoms with Crippen LogP contribution in [0.2, 0.25) is 0 Å². The van der Waals surface area contributed by atoms with Gasteiger partial charge in [-0.05, 0) is 42.3 Å². The van der Waals surface area contributed by atoms with Crippen molar-refractivity contribution in [3.63, 3.8) is 0 Å². The Balaban J connectivity index is 0.000000364. The number of fused-ring (bicyclic) bond motifs is 5. The maximum Gasteiger partial charge on any atom is 0.490 e. The number of benzene rings is 2. The van der Waals surface area contributed by atoms with Crippen LogP contribution in [-0.2, 0) is 25.6 Å². The van der Waals surface area contributed by atoms with E-state index in [2.05, 4.69) is 5.32 Å². The minimum absolute atomic E-state index is 0.210. The molecule has 0 aliphatic carbocycles. The van der Waals surface area contributed by atoms with Gasteiger partial charge in [0.05, 0.1) is 29.1 Å². The number of carboxylic acid groups (broad SMARTS) is 1. The average molecular weight is 490 g/mol. The first-order valence-electron chi connectivity index (χ1n) is 10.4. The topological polar surface area (TPSA) is 104 Å². The molecular formula is C24H18F4N2O5. The normalized spacial score (nSPS) is 26.9. The Morgan fingerprint density at radius 1 is 1.03 bits per heavy atom. The van der Waals surface area contributed by atoms with Crippen LogP contribution in [0, 0.1) is 17.7 Å². The van der Waals surface area contributed by atoms with Gasteiger partial charge in [-0.15, -0.1) is 0 Å². The number of carbonyl (C=O) groups excluding carboxylic acids is 3. The van der Waals surface area contributed by atoms with E-state index in [9.17, 15) is 31.9 Å². The number of aliphatic carboxylic acids is 1. The van der Waals surface area contributed by atoms with E-state index in [-0.39, 0.29) is 23.4 Å². The zero-order chi connectivity index (χ0) is 25.5. The molecule has 35 heavy (non-hydrogen) atoms. The Hall–Kier alpha value is -3.86. The highest BCUT2D eigenvalue weighted by Crippen LogP contribution is 2.48. The van der Waals surface area contributed by atoms with E-state index in [0.29, 0.717) is 17.7 Å². The second-order valence-electron chi connectivity index (χ2n) is 8.36. The van der Waals surface area contributed by atoms with Crippen molar-refractivity contribution in [2.24, 2.45) is 11.8 Å². The summed E-state index contributed by atoms with van der Waals surface area (Å²) in [5, 5.41) is 10.4. The van der Waals surface area contributed by atoms with E-state index in [4.69, 9.17) is 9.90 Å². The van der Waals surface area contributed by atoms with Crippen molar-refractivity contribution < 1.29 is 41.8 Å². The van der Waals surface area contributed by atoms with Crippen molar-refractivity contribution >= 4 is 29.3 Å². The molecule has 2 saturated heterocycles. The van der Waals surface area contributed by atoms with E-state index in [1.807, 2.05) is 6.07 Å². The van der Waals surface area contributed by atoms with E-state index >= 15 is 0 Å².